The van der Waals surface area contributed by atoms with E-state index in [2.05, 4.69) is 15.4 Å². The van der Waals surface area contributed by atoms with Gasteiger partial charge in [0, 0.05) is 23.7 Å². The number of benzene rings is 1. The maximum Gasteiger partial charge on any atom is 0.255 e. The fourth-order valence-corrected chi connectivity index (χ4v) is 2.74. The maximum atomic E-state index is 13.3. The molecule has 1 saturated carbocycles. The molecule has 3 aromatic rings. The summed E-state index contributed by atoms with van der Waals surface area (Å²) in [5, 5.41) is 7.09. The summed E-state index contributed by atoms with van der Waals surface area (Å²) in [7, 11) is 0. The highest BCUT2D eigenvalue weighted by Crippen LogP contribution is 2.35. The van der Waals surface area contributed by atoms with Crippen molar-refractivity contribution in [3.63, 3.8) is 0 Å². The van der Waals surface area contributed by atoms with Crippen molar-refractivity contribution in [3.8, 4) is 0 Å². The third kappa shape index (κ3) is 2.62. The summed E-state index contributed by atoms with van der Waals surface area (Å²) >= 11 is 0. The van der Waals surface area contributed by atoms with Crippen LogP contribution in [0, 0.1) is 11.6 Å². The van der Waals surface area contributed by atoms with Crippen molar-refractivity contribution >= 4 is 17.2 Å². The summed E-state index contributed by atoms with van der Waals surface area (Å²) in [6.45, 7) is 0. The Hall–Kier alpha value is -2.83. The summed E-state index contributed by atoms with van der Waals surface area (Å²) in [5.74, 6) is -1.07. The molecule has 0 aliphatic heterocycles. The molecule has 0 unspecified atom stereocenters. The Morgan fingerprint density at radius 3 is 2.62 bits per heavy atom. The number of hydrogen-bond donors (Lipinski definition) is 1. The second-order valence-electron chi connectivity index (χ2n) is 5.90. The standard InChI is InChI=1S/C17H14F2N4O/c18-12-7-11(8-13(19)9-12)17(24)20-14-5-2-6-23-16(14)21-15(22-23)10-3-1-4-10/h2,5-10H,1,3-4H2,(H,20,24). The number of pyridine rings is 1. The lowest BCUT2D eigenvalue weighted by molar-refractivity contribution is 0.102. The smallest absolute Gasteiger partial charge is 0.255 e. The molecule has 24 heavy (non-hydrogen) atoms. The molecule has 1 aliphatic rings. The van der Waals surface area contributed by atoms with Crippen LogP contribution in [-0.4, -0.2) is 20.5 Å². The second kappa shape index (κ2) is 5.67. The van der Waals surface area contributed by atoms with Gasteiger partial charge in [-0.25, -0.2) is 18.3 Å². The van der Waals surface area contributed by atoms with Gasteiger partial charge in [-0.2, -0.15) is 5.10 Å². The van der Waals surface area contributed by atoms with Crippen LogP contribution in [0.15, 0.2) is 36.5 Å². The van der Waals surface area contributed by atoms with E-state index in [1.807, 2.05) is 0 Å². The molecule has 1 aromatic carbocycles. The van der Waals surface area contributed by atoms with Gasteiger partial charge in [-0.15, -0.1) is 0 Å². The van der Waals surface area contributed by atoms with Crippen LogP contribution in [0.2, 0.25) is 0 Å². The predicted octanol–water partition coefficient (Wildman–Crippen LogP) is 3.53. The Kier molecular flexibility index (Phi) is 3.48. The molecule has 0 atom stereocenters. The van der Waals surface area contributed by atoms with E-state index in [-0.39, 0.29) is 5.56 Å². The normalized spacial score (nSPS) is 14.6. The monoisotopic (exact) mass is 328 g/mol. The molecule has 1 N–H and O–H groups in total. The first kappa shape index (κ1) is 14.7. The number of halogens is 2. The van der Waals surface area contributed by atoms with Gasteiger partial charge >= 0.3 is 0 Å². The quantitative estimate of drug-likeness (QED) is 0.800. The lowest BCUT2D eigenvalue weighted by atomic mass is 9.85. The number of carbonyl (C=O) groups is 1. The average Bonchev–Trinajstić information content (AvgIpc) is 2.88. The molecule has 2 heterocycles. The molecule has 1 aliphatic carbocycles. The van der Waals surface area contributed by atoms with Crippen molar-refractivity contribution < 1.29 is 13.6 Å². The first-order valence-electron chi connectivity index (χ1n) is 7.73. The molecule has 5 nitrogen and oxygen atoms in total. The zero-order valence-electron chi connectivity index (χ0n) is 12.7. The lowest BCUT2D eigenvalue weighted by Crippen LogP contribution is -2.13. The lowest BCUT2D eigenvalue weighted by Gasteiger charge is -2.21. The summed E-state index contributed by atoms with van der Waals surface area (Å²) in [5.41, 5.74) is 0.878. The number of nitrogens with zero attached hydrogens (tertiary/aromatic N) is 3. The predicted molar refractivity (Wildman–Crippen MR) is 83.9 cm³/mol. The minimum atomic E-state index is -0.798. The average molecular weight is 328 g/mol. The Labute approximate surface area is 136 Å². The Morgan fingerprint density at radius 1 is 1.21 bits per heavy atom. The summed E-state index contributed by atoms with van der Waals surface area (Å²) < 4.78 is 28.1. The van der Waals surface area contributed by atoms with E-state index in [1.165, 1.54) is 6.42 Å². The number of aromatic nitrogens is 3. The molecule has 0 radical (unpaired) electrons. The van der Waals surface area contributed by atoms with E-state index >= 15 is 0 Å². The number of fused-ring (bicyclic) bond motifs is 1. The van der Waals surface area contributed by atoms with Crippen molar-refractivity contribution in [3.05, 3.63) is 59.6 Å². The topological polar surface area (TPSA) is 59.3 Å². The summed E-state index contributed by atoms with van der Waals surface area (Å²) in [6, 6.07) is 6.11. The molecule has 2 aromatic heterocycles. The molecule has 0 spiro atoms. The second-order valence-corrected chi connectivity index (χ2v) is 5.90. The van der Waals surface area contributed by atoms with Crippen LogP contribution in [0.25, 0.3) is 5.65 Å². The van der Waals surface area contributed by atoms with E-state index in [4.69, 9.17) is 0 Å². The maximum absolute atomic E-state index is 13.3. The number of nitrogens with one attached hydrogen (secondary N) is 1. The molecule has 0 saturated heterocycles. The molecular weight excluding hydrogens is 314 g/mol. The van der Waals surface area contributed by atoms with Crippen LogP contribution in [-0.2, 0) is 0 Å². The van der Waals surface area contributed by atoms with E-state index < -0.39 is 17.5 Å². The van der Waals surface area contributed by atoms with Gasteiger partial charge in [0.2, 0.25) is 0 Å². The minimum absolute atomic E-state index is 0.0896. The number of carbonyl (C=O) groups excluding carboxylic acids is 1. The highest BCUT2D eigenvalue weighted by atomic mass is 19.1. The molecule has 4 rings (SSSR count). The number of hydrogen-bond acceptors (Lipinski definition) is 3. The molecule has 122 valence electrons. The summed E-state index contributed by atoms with van der Waals surface area (Å²) in [6.07, 6.45) is 5.07. The molecule has 1 fully saturated rings. The summed E-state index contributed by atoms with van der Waals surface area (Å²) in [4.78, 5) is 16.8. The van der Waals surface area contributed by atoms with Crippen LogP contribution >= 0.6 is 0 Å². The van der Waals surface area contributed by atoms with Crippen LogP contribution < -0.4 is 5.32 Å². The first-order chi connectivity index (χ1) is 11.6. The van der Waals surface area contributed by atoms with Crippen molar-refractivity contribution in [2.24, 2.45) is 0 Å². The largest absolute Gasteiger partial charge is 0.319 e. The van der Waals surface area contributed by atoms with Crippen molar-refractivity contribution in [1.29, 1.82) is 0 Å². The Balaban J connectivity index is 1.66. The van der Waals surface area contributed by atoms with Gasteiger partial charge in [0.25, 0.3) is 5.91 Å². The number of amides is 1. The van der Waals surface area contributed by atoms with Gasteiger partial charge in [-0.05, 0) is 37.1 Å². The first-order valence-corrected chi connectivity index (χ1v) is 7.73. The van der Waals surface area contributed by atoms with Gasteiger partial charge in [-0.1, -0.05) is 6.42 Å². The molecule has 1 amide bonds. The highest BCUT2D eigenvalue weighted by molar-refractivity contribution is 6.05. The van der Waals surface area contributed by atoms with Gasteiger partial charge < -0.3 is 5.32 Å². The van der Waals surface area contributed by atoms with Crippen LogP contribution in [0.1, 0.15) is 41.4 Å². The van der Waals surface area contributed by atoms with Crippen molar-refractivity contribution in [1.82, 2.24) is 14.6 Å². The van der Waals surface area contributed by atoms with Gasteiger partial charge in [-0.3, -0.25) is 4.79 Å². The van der Waals surface area contributed by atoms with E-state index in [0.717, 1.165) is 36.9 Å². The van der Waals surface area contributed by atoms with Gasteiger partial charge in [0.1, 0.15) is 11.6 Å². The molecule has 0 bridgehead atoms. The fourth-order valence-electron chi connectivity index (χ4n) is 2.74. The van der Waals surface area contributed by atoms with Gasteiger partial charge in [0.15, 0.2) is 11.5 Å². The number of rotatable bonds is 3. The Morgan fingerprint density at radius 2 is 1.96 bits per heavy atom. The van der Waals surface area contributed by atoms with Crippen molar-refractivity contribution in [2.75, 3.05) is 5.32 Å². The SMILES string of the molecule is O=C(Nc1cccn2nc(C3CCC3)nc12)c1cc(F)cc(F)c1. The zero-order valence-corrected chi connectivity index (χ0v) is 12.7. The third-order valence-corrected chi connectivity index (χ3v) is 4.22. The van der Waals surface area contributed by atoms with Crippen LogP contribution in [0.4, 0.5) is 14.5 Å². The van der Waals surface area contributed by atoms with E-state index in [0.29, 0.717) is 17.3 Å². The Bertz CT molecular complexity index is 913. The van der Waals surface area contributed by atoms with Crippen molar-refractivity contribution in [2.45, 2.75) is 25.2 Å². The third-order valence-electron chi connectivity index (χ3n) is 4.22. The highest BCUT2D eigenvalue weighted by Gasteiger charge is 2.24. The van der Waals surface area contributed by atoms with Crippen LogP contribution in [0.5, 0.6) is 0 Å². The minimum Gasteiger partial charge on any atom is -0.319 e. The van der Waals surface area contributed by atoms with E-state index in [9.17, 15) is 13.6 Å². The van der Waals surface area contributed by atoms with Gasteiger partial charge in [0.05, 0.1) is 5.69 Å². The fraction of sp³-hybridized carbons (Fsp3) is 0.235. The molecule has 7 heteroatoms. The number of anilines is 1. The zero-order chi connectivity index (χ0) is 16.7. The van der Waals surface area contributed by atoms with Crippen LogP contribution in [0.3, 0.4) is 0 Å². The van der Waals surface area contributed by atoms with E-state index in [1.54, 1.807) is 22.8 Å². The molecular formula is C17H14F2N4O.